The first-order valence-electron chi connectivity index (χ1n) is 7.16. The van der Waals surface area contributed by atoms with Gasteiger partial charge in [0, 0.05) is 19.1 Å². The fourth-order valence-electron chi connectivity index (χ4n) is 2.18. The number of aromatic nitrogens is 2. The normalized spacial score (nSPS) is 15.9. The molecule has 1 aromatic rings. The number of aryl methyl sites for hydroxylation is 1. The van der Waals surface area contributed by atoms with Crippen molar-refractivity contribution in [3.63, 3.8) is 0 Å². The van der Waals surface area contributed by atoms with Crippen LogP contribution in [0.3, 0.4) is 0 Å². The van der Waals surface area contributed by atoms with Crippen LogP contribution in [0, 0.1) is 16.0 Å². The third-order valence-corrected chi connectivity index (χ3v) is 3.58. The van der Waals surface area contributed by atoms with E-state index in [4.69, 9.17) is 0 Å². The van der Waals surface area contributed by atoms with Crippen LogP contribution in [-0.4, -0.2) is 26.6 Å². The van der Waals surface area contributed by atoms with Crippen LogP contribution in [0.5, 0.6) is 0 Å². The second-order valence-electron chi connectivity index (χ2n) is 5.54. The molecular formula is C13H20N4O4. The van der Waals surface area contributed by atoms with Gasteiger partial charge < -0.3 is 5.32 Å². The lowest BCUT2D eigenvalue weighted by Gasteiger charge is -2.14. The van der Waals surface area contributed by atoms with Gasteiger partial charge in [-0.15, -0.1) is 0 Å². The van der Waals surface area contributed by atoms with Gasteiger partial charge in [-0.05, 0) is 32.2 Å². The SMILES string of the molecule is CCn1cc([N+](=O)[O-])c(=O)n(CC(C)CNC2CC2)c1=O. The molecule has 1 N–H and O–H groups in total. The van der Waals surface area contributed by atoms with Crippen molar-refractivity contribution in [2.24, 2.45) is 5.92 Å². The fourth-order valence-corrected chi connectivity index (χ4v) is 2.18. The lowest BCUT2D eigenvalue weighted by Crippen LogP contribution is -2.42. The zero-order chi connectivity index (χ0) is 15.6. The summed E-state index contributed by atoms with van der Waals surface area (Å²) in [5, 5.41) is 14.3. The quantitative estimate of drug-likeness (QED) is 0.577. The number of nitrogens with one attached hydrogen (secondary N) is 1. The van der Waals surface area contributed by atoms with E-state index in [1.54, 1.807) is 6.92 Å². The van der Waals surface area contributed by atoms with E-state index < -0.39 is 21.9 Å². The fraction of sp³-hybridized carbons (Fsp3) is 0.692. The third-order valence-electron chi connectivity index (χ3n) is 3.58. The number of hydrogen-bond donors (Lipinski definition) is 1. The summed E-state index contributed by atoms with van der Waals surface area (Å²) in [4.78, 5) is 34.4. The number of hydrogen-bond acceptors (Lipinski definition) is 5. The van der Waals surface area contributed by atoms with Gasteiger partial charge in [0.2, 0.25) is 0 Å². The summed E-state index contributed by atoms with van der Waals surface area (Å²) in [7, 11) is 0. The molecule has 1 aliphatic rings. The molecular weight excluding hydrogens is 276 g/mol. The van der Waals surface area contributed by atoms with E-state index in [0.29, 0.717) is 12.6 Å². The molecule has 1 heterocycles. The average molecular weight is 296 g/mol. The molecule has 1 aliphatic carbocycles. The monoisotopic (exact) mass is 296 g/mol. The topological polar surface area (TPSA) is 99.2 Å². The van der Waals surface area contributed by atoms with Crippen molar-refractivity contribution < 1.29 is 4.92 Å². The number of nitro groups is 1. The Hall–Kier alpha value is -1.96. The molecule has 2 rings (SSSR count). The Kier molecular flexibility index (Phi) is 4.56. The predicted octanol–water partition coefficient (Wildman–Crippen LogP) is 0.326. The van der Waals surface area contributed by atoms with Crippen molar-refractivity contribution in [3.05, 3.63) is 37.1 Å². The van der Waals surface area contributed by atoms with Crippen molar-refractivity contribution in [1.29, 1.82) is 0 Å². The minimum atomic E-state index is -0.826. The molecule has 116 valence electrons. The van der Waals surface area contributed by atoms with E-state index >= 15 is 0 Å². The van der Waals surface area contributed by atoms with E-state index in [9.17, 15) is 19.7 Å². The van der Waals surface area contributed by atoms with Crippen LogP contribution < -0.4 is 16.6 Å². The zero-order valence-electron chi connectivity index (χ0n) is 12.2. The highest BCUT2D eigenvalue weighted by atomic mass is 16.6. The minimum Gasteiger partial charge on any atom is -0.314 e. The van der Waals surface area contributed by atoms with E-state index in [0.717, 1.165) is 23.6 Å². The van der Waals surface area contributed by atoms with Gasteiger partial charge in [0.05, 0.1) is 11.1 Å². The highest BCUT2D eigenvalue weighted by Crippen LogP contribution is 2.18. The van der Waals surface area contributed by atoms with Crippen LogP contribution >= 0.6 is 0 Å². The van der Waals surface area contributed by atoms with E-state index in [2.05, 4.69) is 5.32 Å². The molecule has 1 unspecified atom stereocenters. The van der Waals surface area contributed by atoms with Crippen molar-refractivity contribution in [2.45, 2.75) is 45.8 Å². The van der Waals surface area contributed by atoms with Crippen molar-refractivity contribution >= 4 is 5.69 Å². The summed E-state index contributed by atoms with van der Waals surface area (Å²) in [6.07, 6.45) is 3.34. The molecule has 0 bridgehead atoms. The molecule has 8 heteroatoms. The first-order chi connectivity index (χ1) is 9.93. The average Bonchev–Trinajstić information content (AvgIpc) is 3.25. The lowest BCUT2D eigenvalue weighted by atomic mass is 10.2. The number of rotatable bonds is 7. The third kappa shape index (κ3) is 3.57. The molecule has 1 aromatic heterocycles. The van der Waals surface area contributed by atoms with Gasteiger partial charge in [0.1, 0.15) is 0 Å². The minimum absolute atomic E-state index is 0.0447. The standard InChI is InChI=1S/C13H20N4O4/c1-3-15-8-11(17(20)21)12(18)16(13(15)19)7-9(2)6-14-10-4-5-10/h8-10,14H,3-7H2,1-2H3. The van der Waals surface area contributed by atoms with E-state index in [1.807, 2.05) is 6.92 Å². The molecule has 8 nitrogen and oxygen atoms in total. The highest BCUT2D eigenvalue weighted by Gasteiger charge is 2.23. The molecule has 1 atom stereocenters. The first kappa shape index (κ1) is 15.4. The molecule has 21 heavy (non-hydrogen) atoms. The molecule has 1 fully saturated rings. The van der Waals surface area contributed by atoms with Gasteiger partial charge in [0.25, 0.3) is 0 Å². The Labute approximate surface area is 121 Å². The molecule has 0 amide bonds. The summed E-state index contributed by atoms with van der Waals surface area (Å²) in [5.41, 5.74) is -1.88. The Bertz CT molecular complexity index is 645. The lowest BCUT2D eigenvalue weighted by molar-refractivity contribution is -0.387. The summed E-state index contributed by atoms with van der Waals surface area (Å²) in [5.74, 6) is 0.0447. The first-order valence-corrected chi connectivity index (χ1v) is 7.16. The van der Waals surface area contributed by atoms with Gasteiger partial charge in [0.15, 0.2) is 0 Å². The maximum absolute atomic E-state index is 12.2. The van der Waals surface area contributed by atoms with Gasteiger partial charge in [-0.2, -0.15) is 0 Å². The Balaban J connectivity index is 2.27. The summed E-state index contributed by atoms with van der Waals surface area (Å²) >= 11 is 0. The number of nitrogens with zero attached hydrogens (tertiary/aromatic N) is 3. The van der Waals surface area contributed by atoms with Gasteiger partial charge in [-0.3, -0.25) is 24.0 Å². The maximum Gasteiger partial charge on any atom is 0.350 e. The highest BCUT2D eigenvalue weighted by molar-refractivity contribution is 5.21. The van der Waals surface area contributed by atoms with Crippen LogP contribution in [0.4, 0.5) is 5.69 Å². The summed E-state index contributed by atoms with van der Waals surface area (Å²) in [6.45, 7) is 4.77. The van der Waals surface area contributed by atoms with Crippen molar-refractivity contribution in [3.8, 4) is 0 Å². The van der Waals surface area contributed by atoms with E-state index in [-0.39, 0.29) is 19.0 Å². The largest absolute Gasteiger partial charge is 0.350 e. The second-order valence-corrected chi connectivity index (χ2v) is 5.54. The molecule has 0 aromatic carbocycles. The van der Waals surface area contributed by atoms with Crippen LogP contribution in [0.1, 0.15) is 26.7 Å². The summed E-state index contributed by atoms with van der Waals surface area (Å²) < 4.78 is 2.17. The Morgan fingerprint density at radius 3 is 2.67 bits per heavy atom. The zero-order valence-corrected chi connectivity index (χ0v) is 12.2. The predicted molar refractivity (Wildman–Crippen MR) is 77.5 cm³/mol. The molecule has 0 radical (unpaired) electrons. The van der Waals surface area contributed by atoms with E-state index in [1.165, 1.54) is 4.57 Å². The second kappa shape index (κ2) is 6.21. The van der Waals surface area contributed by atoms with Crippen LogP contribution in [0.15, 0.2) is 15.8 Å². The maximum atomic E-state index is 12.2. The van der Waals surface area contributed by atoms with Crippen LogP contribution in [0.25, 0.3) is 0 Å². The molecule has 0 saturated heterocycles. The van der Waals surface area contributed by atoms with Crippen molar-refractivity contribution in [1.82, 2.24) is 14.5 Å². The van der Waals surface area contributed by atoms with Gasteiger partial charge in [-0.25, -0.2) is 4.79 Å². The Morgan fingerprint density at radius 1 is 1.48 bits per heavy atom. The molecule has 0 spiro atoms. The smallest absolute Gasteiger partial charge is 0.314 e. The van der Waals surface area contributed by atoms with Gasteiger partial charge in [-0.1, -0.05) is 6.92 Å². The molecule has 0 aliphatic heterocycles. The van der Waals surface area contributed by atoms with Crippen molar-refractivity contribution in [2.75, 3.05) is 6.54 Å². The Morgan fingerprint density at radius 2 is 2.14 bits per heavy atom. The van der Waals surface area contributed by atoms with Crippen LogP contribution in [0.2, 0.25) is 0 Å². The van der Waals surface area contributed by atoms with Crippen LogP contribution in [-0.2, 0) is 13.1 Å². The molecule has 1 saturated carbocycles. The summed E-state index contributed by atoms with van der Waals surface area (Å²) in [6, 6.07) is 0.543. The van der Waals surface area contributed by atoms with Gasteiger partial charge >= 0.3 is 16.9 Å².